The minimum atomic E-state index is -0.264. The largest absolute Gasteiger partial charge is 0.298 e. The summed E-state index contributed by atoms with van der Waals surface area (Å²) in [5, 5.41) is 9.77. The van der Waals surface area contributed by atoms with Gasteiger partial charge in [0.2, 0.25) is 0 Å². The molecular formula is C12H15ClN4OS. The van der Waals surface area contributed by atoms with E-state index in [0.717, 1.165) is 19.4 Å². The molecule has 0 saturated carbocycles. The fraction of sp³-hybridized carbons (Fsp3) is 0.417. The summed E-state index contributed by atoms with van der Waals surface area (Å²) >= 11 is 7.59. The summed E-state index contributed by atoms with van der Waals surface area (Å²) in [6.07, 6.45) is 3.67. The van der Waals surface area contributed by atoms with Crippen LogP contribution in [-0.4, -0.2) is 20.7 Å². The molecule has 0 saturated heterocycles. The Kier molecular flexibility index (Phi) is 4.55. The number of hydrogen-bond acceptors (Lipinski definition) is 4. The third-order valence-electron chi connectivity index (χ3n) is 2.67. The molecule has 2 aromatic heterocycles. The molecule has 1 amide bonds. The van der Waals surface area contributed by atoms with Gasteiger partial charge in [-0.3, -0.25) is 14.8 Å². The summed E-state index contributed by atoms with van der Waals surface area (Å²) in [4.78, 5) is 16.2. The first-order valence-corrected chi connectivity index (χ1v) is 7.33. The number of rotatable bonds is 5. The highest BCUT2D eigenvalue weighted by atomic mass is 35.5. The highest BCUT2D eigenvalue weighted by molar-refractivity contribution is 7.13. The molecule has 0 radical (unpaired) electrons. The van der Waals surface area contributed by atoms with E-state index >= 15 is 0 Å². The molecule has 0 aromatic carbocycles. The molecule has 0 spiro atoms. The van der Waals surface area contributed by atoms with E-state index in [1.807, 2.05) is 0 Å². The second-order valence-corrected chi connectivity index (χ2v) is 5.37. The van der Waals surface area contributed by atoms with Gasteiger partial charge >= 0.3 is 0 Å². The van der Waals surface area contributed by atoms with Crippen LogP contribution in [0.3, 0.4) is 0 Å². The number of halogens is 1. The van der Waals surface area contributed by atoms with Crippen LogP contribution in [0, 0.1) is 6.92 Å². The number of anilines is 1. The molecule has 7 heteroatoms. The molecule has 19 heavy (non-hydrogen) atoms. The first-order valence-electron chi connectivity index (χ1n) is 6.07. The fourth-order valence-electron chi connectivity index (χ4n) is 1.71. The zero-order valence-corrected chi connectivity index (χ0v) is 12.4. The summed E-state index contributed by atoms with van der Waals surface area (Å²) < 4.78 is 1.68. The molecule has 2 rings (SSSR count). The van der Waals surface area contributed by atoms with E-state index in [1.165, 1.54) is 11.3 Å². The molecule has 0 fully saturated rings. The lowest BCUT2D eigenvalue weighted by atomic mass is 10.2. The third-order valence-corrected chi connectivity index (χ3v) is 3.74. The number of hydrogen-bond donors (Lipinski definition) is 1. The molecule has 2 aromatic rings. The maximum atomic E-state index is 12.2. The number of carbonyl (C=O) groups excluding carboxylic acids is 1. The average Bonchev–Trinajstić information content (AvgIpc) is 2.95. The number of aryl methyl sites for hydroxylation is 2. The summed E-state index contributed by atoms with van der Waals surface area (Å²) in [7, 11) is 0. The number of nitrogens with zero attached hydrogens (tertiary/aromatic N) is 3. The van der Waals surface area contributed by atoms with Gasteiger partial charge in [0.05, 0.1) is 11.3 Å². The monoisotopic (exact) mass is 298 g/mol. The number of aromatic nitrogens is 3. The van der Waals surface area contributed by atoms with Gasteiger partial charge in [0, 0.05) is 18.1 Å². The number of unbranched alkanes of at least 4 members (excludes halogenated alkanes) is 1. The molecule has 2 heterocycles. The van der Waals surface area contributed by atoms with Gasteiger partial charge in [-0.1, -0.05) is 24.9 Å². The first kappa shape index (κ1) is 14.0. The second kappa shape index (κ2) is 6.16. The van der Waals surface area contributed by atoms with Crippen molar-refractivity contribution in [3.05, 3.63) is 28.0 Å². The normalized spacial score (nSPS) is 10.7. The molecule has 1 N–H and O–H groups in total. The van der Waals surface area contributed by atoms with Gasteiger partial charge in [0.25, 0.3) is 5.91 Å². The maximum Gasteiger partial charge on any atom is 0.262 e. The fourth-order valence-corrected chi connectivity index (χ4v) is 2.58. The van der Waals surface area contributed by atoms with Crippen molar-refractivity contribution in [2.45, 2.75) is 33.2 Å². The van der Waals surface area contributed by atoms with Gasteiger partial charge in [-0.15, -0.1) is 11.3 Å². The van der Waals surface area contributed by atoms with Crippen LogP contribution in [-0.2, 0) is 6.54 Å². The first-order chi connectivity index (χ1) is 9.13. The van der Waals surface area contributed by atoms with Crippen LogP contribution in [0.2, 0.25) is 5.15 Å². The molecule has 0 bridgehead atoms. The molecule has 0 aliphatic rings. The predicted molar refractivity (Wildman–Crippen MR) is 76.9 cm³/mol. The van der Waals surface area contributed by atoms with Crippen molar-refractivity contribution in [1.29, 1.82) is 0 Å². The van der Waals surface area contributed by atoms with Crippen LogP contribution >= 0.6 is 22.9 Å². The Morgan fingerprint density at radius 2 is 2.37 bits per heavy atom. The van der Waals surface area contributed by atoms with E-state index in [0.29, 0.717) is 21.5 Å². The minimum absolute atomic E-state index is 0.264. The summed E-state index contributed by atoms with van der Waals surface area (Å²) in [6.45, 7) is 4.60. The molecule has 5 nitrogen and oxygen atoms in total. The minimum Gasteiger partial charge on any atom is -0.298 e. The number of nitrogens with one attached hydrogen (secondary N) is 1. The SMILES string of the molecule is CCCCn1nc(C)c(C(=O)Nc2nccs2)c1Cl. The van der Waals surface area contributed by atoms with Crippen LogP contribution in [0.5, 0.6) is 0 Å². The van der Waals surface area contributed by atoms with Gasteiger partial charge in [-0.25, -0.2) is 4.98 Å². The second-order valence-electron chi connectivity index (χ2n) is 4.12. The van der Waals surface area contributed by atoms with E-state index in [4.69, 9.17) is 11.6 Å². The Hall–Kier alpha value is -1.40. The van der Waals surface area contributed by atoms with Crippen molar-refractivity contribution < 1.29 is 4.79 Å². The lowest BCUT2D eigenvalue weighted by molar-refractivity contribution is 0.102. The molecular weight excluding hydrogens is 284 g/mol. The van der Waals surface area contributed by atoms with Gasteiger partial charge in [0.1, 0.15) is 5.15 Å². The van der Waals surface area contributed by atoms with E-state index in [-0.39, 0.29) is 5.91 Å². The van der Waals surface area contributed by atoms with Gasteiger partial charge in [-0.2, -0.15) is 5.10 Å². The van der Waals surface area contributed by atoms with Gasteiger partial charge in [-0.05, 0) is 13.3 Å². The molecule has 102 valence electrons. The van der Waals surface area contributed by atoms with Crippen molar-refractivity contribution in [3.63, 3.8) is 0 Å². The molecule has 0 atom stereocenters. The third kappa shape index (κ3) is 3.13. The van der Waals surface area contributed by atoms with Crippen molar-refractivity contribution in [3.8, 4) is 0 Å². The Balaban J connectivity index is 2.19. The zero-order chi connectivity index (χ0) is 13.8. The van der Waals surface area contributed by atoms with Crippen LogP contribution in [0.1, 0.15) is 35.8 Å². The molecule has 0 aliphatic carbocycles. The van der Waals surface area contributed by atoms with Crippen molar-refractivity contribution in [2.75, 3.05) is 5.32 Å². The van der Waals surface area contributed by atoms with Gasteiger partial charge in [0.15, 0.2) is 5.13 Å². The van der Waals surface area contributed by atoms with Crippen molar-refractivity contribution in [1.82, 2.24) is 14.8 Å². The summed E-state index contributed by atoms with van der Waals surface area (Å²) in [5.41, 5.74) is 1.06. The van der Waals surface area contributed by atoms with E-state index in [1.54, 1.807) is 23.2 Å². The zero-order valence-electron chi connectivity index (χ0n) is 10.8. The van der Waals surface area contributed by atoms with E-state index in [9.17, 15) is 4.79 Å². The maximum absolute atomic E-state index is 12.2. The Labute approximate surface area is 120 Å². The average molecular weight is 299 g/mol. The van der Waals surface area contributed by atoms with E-state index in [2.05, 4.69) is 22.3 Å². The highest BCUT2D eigenvalue weighted by Gasteiger charge is 2.20. The van der Waals surface area contributed by atoms with Crippen LogP contribution in [0.15, 0.2) is 11.6 Å². The van der Waals surface area contributed by atoms with Crippen molar-refractivity contribution >= 4 is 34.0 Å². The van der Waals surface area contributed by atoms with E-state index < -0.39 is 0 Å². The van der Waals surface area contributed by atoms with Crippen LogP contribution < -0.4 is 5.32 Å². The Bertz CT molecular complexity index is 565. The van der Waals surface area contributed by atoms with Gasteiger partial charge < -0.3 is 0 Å². The topological polar surface area (TPSA) is 59.8 Å². The van der Waals surface area contributed by atoms with Crippen LogP contribution in [0.25, 0.3) is 0 Å². The summed E-state index contributed by atoms with van der Waals surface area (Å²) in [5.74, 6) is -0.264. The van der Waals surface area contributed by atoms with Crippen molar-refractivity contribution in [2.24, 2.45) is 0 Å². The smallest absolute Gasteiger partial charge is 0.262 e. The Morgan fingerprint density at radius 1 is 1.58 bits per heavy atom. The number of carbonyl (C=O) groups is 1. The van der Waals surface area contributed by atoms with Crippen LogP contribution in [0.4, 0.5) is 5.13 Å². The highest BCUT2D eigenvalue weighted by Crippen LogP contribution is 2.22. The number of thiazole rings is 1. The lowest BCUT2D eigenvalue weighted by Gasteiger charge is -2.02. The summed E-state index contributed by atoms with van der Waals surface area (Å²) in [6, 6.07) is 0. The standard InChI is InChI=1S/C12H15ClN4OS/c1-3-4-6-17-10(13)9(8(2)16-17)11(18)15-12-14-5-7-19-12/h5,7H,3-4,6H2,1-2H3,(H,14,15,18). The quantitative estimate of drug-likeness (QED) is 0.921. The lowest BCUT2D eigenvalue weighted by Crippen LogP contribution is -2.13. The Morgan fingerprint density at radius 3 is 3.00 bits per heavy atom. The number of amides is 1. The molecule has 0 aliphatic heterocycles. The molecule has 0 unspecified atom stereocenters. The predicted octanol–water partition coefficient (Wildman–Crippen LogP) is 3.35.